The molecule has 0 atom stereocenters. The Bertz CT molecular complexity index is 731. The number of amides is 1. The molecule has 2 rings (SSSR count). The van der Waals surface area contributed by atoms with Gasteiger partial charge in [-0.25, -0.2) is 4.79 Å². The summed E-state index contributed by atoms with van der Waals surface area (Å²) in [5, 5.41) is 12.2. The highest BCUT2D eigenvalue weighted by Crippen LogP contribution is 2.24. The zero-order valence-corrected chi connectivity index (χ0v) is 13.3. The van der Waals surface area contributed by atoms with E-state index in [4.69, 9.17) is 16.7 Å². The van der Waals surface area contributed by atoms with Crippen LogP contribution >= 0.6 is 27.5 Å². The number of anilines is 1. The predicted molar refractivity (Wildman–Crippen MR) is 85.2 cm³/mol. The molecular formula is C15H11BrClNO3. The predicted octanol–water partition coefficient (Wildman–Crippen LogP) is 4.36. The van der Waals surface area contributed by atoms with Gasteiger partial charge in [-0.15, -0.1) is 0 Å². The van der Waals surface area contributed by atoms with E-state index < -0.39 is 5.97 Å². The normalized spacial score (nSPS) is 10.2. The number of hydrogen-bond donors (Lipinski definition) is 2. The van der Waals surface area contributed by atoms with E-state index in [0.29, 0.717) is 26.3 Å². The number of aryl methyl sites for hydroxylation is 1. The smallest absolute Gasteiger partial charge is 0.335 e. The van der Waals surface area contributed by atoms with E-state index in [1.165, 1.54) is 12.1 Å². The molecule has 2 aromatic rings. The number of nitrogens with one attached hydrogen (secondary N) is 1. The fourth-order valence-electron chi connectivity index (χ4n) is 1.77. The van der Waals surface area contributed by atoms with Crippen molar-refractivity contribution in [1.82, 2.24) is 0 Å². The molecule has 2 aromatic carbocycles. The average Bonchev–Trinajstić information content (AvgIpc) is 2.43. The van der Waals surface area contributed by atoms with Gasteiger partial charge < -0.3 is 10.4 Å². The van der Waals surface area contributed by atoms with E-state index in [0.717, 1.165) is 0 Å². The first-order valence-corrected chi connectivity index (χ1v) is 7.16. The third-order valence-corrected chi connectivity index (χ3v) is 4.12. The highest BCUT2D eigenvalue weighted by molar-refractivity contribution is 9.10. The first-order chi connectivity index (χ1) is 9.88. The van der Waals surface area contributed by atoms with Crippen LogP contribution in [-0.4, -0.2) is 17.0 Å². The molecular weight excluding hydrogens is 358 g/mol. The van der Waals surface area contributed by atoms with Crippen molar-refractivity contribution in [3.63, 3.8) is 0 Å². The van der Waals surface area contributed by atoms with Crippen LogP contribution in [0.4, 0.5) is 5.69 Å². The van der Waals surface area contributed by atoms with Gasteiger partial charge in [0.1, 0.15) is 0 Å². The van der Waals surface area contributed by atoms with Gasteiger partial charge in [0.05, 0.1) is 10.6 Å². The van der Waals surface area contributed by atoms with Crippen LogP contribution in [0.25, 0.3) is 0 Å². The largest absolute Gasteiger partial charge is 0.478 e. The Balaban J connectivity index is 2.23. The van der Waals surface area contributed by atoms with Crippen molar-refractivity contribution < 1.29 is 14.7 Å². The molecule has 4 nitrogen and oxygen atoms in total. The Morgan fingerprint density at radius 3 is 2.38 bits per heavy atom. The fourth-order valence-corrected chi connectivity index (χ4v) is 2.27. The van der Waals surface area contributed by atoms with Crippen LogP contribution in [0.5, 0.6) is 0 Å². The minimum absolute atomic E-state index is 0.180. The number of rotatable bonds is 3. The molecule has 0 aromatic heterocycles. The van der Waals surface area contributed by atoms with Crippen molar-refractivity contribution >= 4 is 45.1 Å². The van der Waals surface area contributed by atoms with Gasteiger partial charge in [0.2, 0.25) is 0 Å². The molecule has 0 saturated heterocycles. The molecule has 0 spiro atoms. The molecule has 108 valence electrons. The van der Waals surface area contributed by atoms with E-state index in [-0.39, 0.29) is 11.5 Å². The standard InChI is InChI=1S/C15H11BrClNO3/c1-8-6-10(15(20)21)3-5-13(8)18-14(19)9-2-4-12(17)11(16)7-9/h2-7H,1H3,(H,18,19)(H,20,21). The summed E-state index contributed by atoms with van der Waals surface area (Å²) in [6.45, 7) is 1.74. The van der Waals surface area contributed by atoms with E-state index in [2.05, 4.69) is 21.2 Å². The highest BCUT2D eigenvalue weighted by atomic mass is 79.9. The Hall–Kier alpha value is -1.85. The number of hydrogen-bond acceptors (Lipinski definition) is 2. The first-order valence-electron chi connectivity index (χ1n) is 5.99. The average molecular weight is 369 g/mol. The summed E-state index contributed by atoms with van der Waals surface area (Å²) >= 11 is 9.15. The van der Waals surface area contributed by atoms with Crippen molar-refractivity contribution in [2.45, 2.75) is 6.92 Å². The second-order valence-corrected chi connectivity index (χ2v) is 5.68. The molecule has 0 unspecified atom stereocenters. The van der Waals surface area contributed by atoms with Crippen LogP contribution < -0.4 is 5.32 Å². The van der Waals surface area contributed by atoms with Crippen molar-refractivity contribution in [1.29, 1.82) is 0 Å². The maximum absolute atomic E-state index is 12.2. The summed E-state index contributed by atoms with van der Waals surface area (Å²) < 4.78 is 0.634. The first kappa shape index (κ1) is 15.5. The molecule has 2 N–H and O–H groups in total. The summed E-state index contributed by atoms with van der Waals surface area (Å²) in [5.74, 6) is -1.30. The molecule has 21 heavy (non-hydrogen) atoms. The third kappa shape index (κ3) is 3.62. The van der Waals surface area contributed by atoms with Gasteiger partial charge in [0.25, 0.3) is 5.91 Å². The van der Waals surface area contributed by atoms with Crippen LogP contribution in [0.15, 0.2) is 40.9 Å². The van der Waals surface area contributed by atoms with Crippen molar-refractivity contribution in [3.05, 3.63) is 62.6 Å². The number of carbonyl (C=O) groups is 2. The van der Waals surface area contributed by atoms with Gasteiger partial charge in [0.15, 0.2) is 0 Å². The van der Waals surface area contributed by atoms with Crippen LogP contribution in [-0.2, 0) is 0 Å². The quantitative estimate of drug-likeness (QED) is 0.846. The lowest BCUT2D eigenvalue weighted by atomic mass is 10.1. The monoisotopic (exact) mass is 367 g/mol. The van der Waals surface area contributed by atoms with Gasteiger partial charge in [0, 0.05) is 15.7 Å². The molecule has 0 bridgehead atoms. The number of carboxylic acids is 1. The number of carbonyl (C=O) groups excluding carboxylic acids is 1. The fraction of sp³-hybridized carbons (Fsp3) is 0.0667. The van der Waals surface area contributed by atoms with Gasteiger partial charge in [-0.05, 0) is 64.8 Å². The Labute approximate surface area is 134 Å². The summed E-state index contributed by atoms with van der Waals surface area (Å²) in [5.41, 5.74) is 1.88. The third-order valence-electron chi connectivity index (χ3n) is 2.90. The second kappa shape index (κ2) is 6.28. The summed E-state index contributed by atoms with van der Waals surface area (Å²) in [6, 6.07) is 9.39. The Morgan fingerprint density at radius 2 is 1.81 bits per heavy atom. The Morgan fingerprint density at radius 1 is 1.14 bits per heavy atom. The molecule has 6 heteroatoms. The number of carboxylic acid groups (broad SMARTS) is 1. The molecule has 0 aliphatic heterocycles. The van der Waals surface area contributed by atoms with Gasteiger partial charge >= 0.3 is 5.97 Å². The zero-order chi connectivity index (χ0) is 15.6. The lowest BCUT2D eigenvalue weighted by Gasteiger charge is -2.09. The van der Waals surface area contributed by atoms with Crippen LogP contribution in [0.2, 0.25) is 5.02 Å². The summed E-state index contributed by atoms with van der Waals surface area (Å²) in [6.07, 6.45) is 0. The molecule has 0 heterocycles. The minimum Gasteiger partial charge on any atom is -0.478 e. The van der Waals surface area contributed by atoms with Crippen molar-refractivity contribution in [3.8, 4) is 0 Å². The van der Waals surface area contributed by atoms with E-state index in [1.807, 2.05) is 0 Å². The maximum Gasteiger partial charge on any atom is 0.335 e. The van der Waals surface area contributed by atoms with Crippen LogP contribution in [0.3, 0.4) is 0 Å². The SMILES string of the molecule is Cc1cc(C(=O)O)ccc1NC(=O)c1ccc(Cl)c(Br)c1. The van der Waals surface area contributed by atoms with Gasteiger partial charge in [-0.2, -0.15) is 0 Å². The van der Waals surface area contributed by atoms with Gasteiger partial charge in [-0.1, -0.05) is 11.6 Å². The maximum atomic E-state index is 12.2. The topological polar surface area (TPSA) is 66.4 Å². The Kier molecular flexibility index (Phi) is 4.65. The highest BCUT2D eigenvalue weighted by Gasteiger charge is 2.11. The van der Waals surface area contributed by atoms with E-state index >= 15 is 0 Å². The second-order valence-electron chi connectivity index (χ2n) is 4.42. The van der Waals surface area contributed by atoms with E-state index in [9.17, 15) is 9.59 Å². The number of aromatic carboxylic acids is 1. The molecule has 0 saturated carbocycles. The molecule has 0 aliphatic rings. The van der Waals surface area contributed by atoms with Crippen LogP contribution in [0, 0.1) is 6.92 Å². The van der Waals surface area contributed by atoms with Crippen molar-refractivity contribution in [2.75, 3.05) is 5.32 Å². The lowest BCUT2D eigenvalue weighted by molar-refractivity contribution is 0.0696. The lowest BCUT2D eigenvalue weighted by Crippen LogP contribution is -2.13. The number of benzene rings is 2. The number of halogens is 2. The molecule has 1 amide bonds. The molecule has 0 radical (unpaired) electrons. The minimum atomic E-state index is -1.00. The van der Waals surface area contributed by atoms with Gasteiger partial charge in [-0.3, -0.25) is 4.79 Å². The van der Waals surface area contributed by atoms with Crippen molar-refractivity contribution in [2.24, 2.45) is 0 Å². The summed E-state index contributed by atoms with van der Waals surface area (Å²) in [4.78, 5) is 23.0. The molecule has 0 aliphatic carbocycles. The summed E-state index contributed by atoms with van der Waals surface area (Å²) in [7, 11) is 0. The zero-order valence-electron chi connectivity index (χ0n) is 11.0. The molecule has 0 fully saturated rings. The van der Waals surface area contributed by atoms with E-state index in [1.54, 1.807) is 31.2 Å². The van der Waals surface area contributed by atoms with Crippen LogP contribution in [0.1, 0.15) is 26.3 Å².